The van der Waals surface area contributed by atoms with Crippen LogP contribution in [0.4, 0.5) is 21.7 Å². The zero-order chi connectivity index (χ0) is 22.5. The van der Waals surface area contributed by atoms with E-state index < -0.39 is 17.6 Å². The number of aromatic nitrogens is 3. The van der Waals surface area contributed by atoms with Gasteiger partial charge in [-0.05, 0) is 26.0 Å². The number of ether oxygens (including phenoxy) is 1. The third kappa shape index (κ3) is 4.74. The fourth-order valence-corrected chi connectivity index (χ4v) is 2.76. The molecule has 160 valence electrons. The molecular weight excluding hydrogens is 403 g/mol. The van der Waals surface area contributed by atoms with Gasteiger partial charge in [0, 0.05) is 19.3 Å². The van der Waals surface area contributed by atoms with Crippen LogP contribution in [0, 0.1) is 19.7 Å². The first-order valence-electron chi connectivity index (χ1n) is 9.27. The first kappa shape index (κ1) is 21.6. The van der Waals surface area contributed by atoms with Crippen molar-refractivity contribution >= 4 is 29.1 Å². The molecule has 2 heterocycles. The molecule has 3 rings (SSSR count). The maximum absolute atomic E-state index is 14.3. The quantitative estimate of drug-likeness (QED) is 0.557. The number of amides is 2. The van der Waals surface area contributed by atoms with Gasteiger partial charge in [-0.15, -0.1) is 0 Å². The Morgan fingerprint density at radius 1 is 1.03 bits per heavy atom. The van der Waals surface area contributed by atoms with E-state index in [9.17, 15) is 14.0 Å². The van der Waals surface area contributed by atoms with E-state index in [2.05, 4.69) is 30.9 Å². The zero-order valence-corrected chi connectivity index (χ0v) is 17.4. The Kier molecular flexibility index (Phi) is 6.39. The van der Waals surface area contributed by atoms with Crippen LogP contribution in [0.1, 0.15) is 32.1 Å². The molecule has 3 N–H and O–H groups in total. The molecule has 0 bridgehead atoms. The summed E-state index contributed by atoms with van der Waals surface area (Å²) < 4.78 is 19.4. The van der Waals surface area contributed by atoms with Gasteiger partial charge in [0.2, 0.25) is 0 Å². The SMILES string of the molecule is CNC(=O)c1cnc(Nc2cnc(C)c(C)n2)cc1NC(=O)c1c(F)cccc1OC. The highest BCUT2D eigenvalue weighted by Gasteiger charge is 2.21. The summed E-state index contributed by atoms with van der Waals surface area (Å²) in [5.41, 5.74) is 1.48. The van der Waals surface area contributed by atoms with E-state index in [-0.39, 0.29) is 22.6 Å². The molecule has 0 spiro atoms. The normalized spacial score (nSPS) is 10.4. The van der Waals surface area contributed by atoms with Crippen molar-refractivity contribution in [3.05, 3.63) is 65.0 Å². The Bertz CT molecular complexity index is 1150. The van der Waals surface area contributed by atoms with E-state index in [4.69, 9.17) is 4.74 Å². The van der Waals surface area contributed by atoms with Gasteiger partial charge in [0.25, 0.3) is 11.8 Å². The second-order valence-corrected chi connectivity index (χ2v) is 6.52. The summed E-state index contributed by atoms with van der Waals surface area (Å²) >= 11 is 0. The van der Waals surface area contributed by atoms with E-state index in [1.807, 2.05) is 13.8 Å². The maximum atomic E-state index is 14.3. The molecule has 0 aliphatic carbocycles. The number of hydrogen-bond donors (Lipinski definition) is 3. The van der Waals surface area contributed by atoms with Crippen molar-refractivity contribution in [1.82, 2.24) is 20.3 Å². The molecule has 0 saturated heterocycles. The fraction of sp³-hybridized carbons (Fsp3) is 0.190. The third-order valence-corrected chi connectivity index (χ3v) is 4.49. The average molecular weight is 424 g/mol. The Balaban J connectivity index is 1.97. The Labute approximate surface area is 178 Å². The Hall–Kier alpha value is -4.08. The molecule has 2 amide bonds. The van der Waals surface area contributed by atoms with Crippen LogP contribution in [0.2, 0.25) is 0 Å². The monoisotopic (exact) mass is 424 g/mol. The van der Waals surface area contributed by atoms with Gasteiger partial charge in [0.05, 0.1) is 35.9 Å². The van der Waals surface area contributed by atoms with Crippen molar-refractivity contribution in [2.75, 3.05) is 24.8 Å². The van der Waals surface area contributed by atoms with E-state index in [1.165, 1.54) is 38.6 Å². The lowest BCUT2D eigenvalue weighted by Gasteiger charge is -2.14. The van der Waals surface area contributed by atoms with E-state index in [1.54, 1.807) is 6.20 Å². The second-order valence-electron chi connectivity index (χ2n) is 6.52. The molecular formula is C21H21FN6O3. The van der Waals surface area contributed by atoms with Crippen LogP contribution in [-0.4, -0.2) is 40.9 Å². The number of halogens is 1. The van der Waals surface area contributed by atoms with E-state index in [0.717, 1.165) is 17.5 Å². The highest BCUT2D eigenvalue weighted by Crippen LogP contribution is 2.25. The minimum Gasteiger partial charge on any atom is -0.496 e. The van der Waals surface area contributed by atoms with Crippen LogP contribution < -0.4 is 20.7 Å². The minimum atomic E-state index is -0.775. The fourth-order valence-electron chi connectivity index (χ4n) is 2.76. The molecule has 0 unspecified atom stereocenters. The number of nitrogens with one attached hydrogen (secondary N) is 3. The van der Waals surface area contributed by atoms with Crippen LogP contribution in [0.5, 0.6) is 5.75 Å². The summed E-state index contributed by atoms with van der Waals surface area (Å²) in [5.74, 6) is -1.19. The van der Waals surface area contributed by atoms with Crippen molar-refractivity contribution in [3.8, 4) is 5.75 Å². The molecule has 0 atom stereocenters. The highest BCUT2D eigenvalue weighted by molar-refractivity contribution is 6.10. The van der Waals surface area contributed by atoms with Crippen molar-refractivity contribution < 1.29 is 18.7 Å². The predicted octanol–water partition coefficient (Wildman–Crippen LogP) is 2.99. The van der Waals surface area contributed by atoms with E-state index in [0.29, 0.717) is 11.6 Å². The van der Waals surface area contributed by atoms with Crippen LogP contribution in [0.15, 0.2) is 36.7 Å². The van der Waals surface area contributed by atoms with Crippen LogP contribution in [0.25, 0.3) is 0 Å². The molecule has 10 heteroatoms. The molecule has 3 aromatic rings. The summed E-state index contributed by atoms with van der Waals surface area (Å²) in [6, 6.07) is 5.50. The summed E-state index contributed by atoms with van der Waals surface area (Å²) in [7, 11) is 2.78. The lowest BCUT2D eigenvalue weighted by Crippen LogP contribution is -2.22. The van der Waals surface area contributed by atoms with Gasteiger partial charge in [-0.25, -0.2) is 14.4 Å². The van der Waals surface area contributed by atoms with Crippen molar-refractivity contribution in [3.63, 3.8) is 0 Å². The van der Waals surface area contributed by atoms with Gasteiger partial charge in [-0.3, -0.25) is 14.6 Å². The standard InChI is InChI=1S/C21H21FN6O3/c1-11-12(2)26-18(10-24-11)28-17-8-15(13(9-25-17)20(29)23-3)27-21(30)19-14(22)6-5-7-16(19)31-4/h5-10H,1-4H3,(H,23,29)(H2,25,26,27,28,30). The number of benzene rings is 1. The van der Waals surface area contributed by atoms with Crippen molar-refractivity contribution in [2.45, 2.75) is 13.8 Å². The first-order valence-corrected chi connectivity index (χ1v) is 9.27. The maximum Gasteiger partial charge on any atom is 0.262 e. The number of aryl methyl sites for hydroxylation is 2. The number of nitrogens with zero attached hydrogens (tertiary/aromatic N) is 3. The van der Waals surface area contributed by atoms with Crippen LogP contribution in [-0.2, 0) is 0 Å². The largest absolute Gasteiger partial charge is 0.496 e. The Morgan fingerprint density at radius 3 is 2.48 bits per heavy atom. The number of rotatable bonds is 6. The molecule has 0 radical (unpaired) electrons. The molecule has 9 nitrogen and oxygen atoms in total. The van der Waals surface area contributed by atoms with Gasteiger partial charge in [-0.1, -0.05) is 6.07 Å². The lowest BCUT2D eigenvalue weighted by molar-refractivity contribution is 0.0963. The number of hydrogen-bond acceptors (Lipinski definition) is 7. The smallest absolute Gasteiger partial charge is 0.262 e. The summed E-state index contributed by atoms with van der Waals surface area (Å²) in [4.78, 5) is 37.8. The number of carbonyl (C=O) groups excluding carboxylic acids is 2. The Morgan fingerprint density at radius 2 is 1.81 bits per heavy atom. The van der Waals surface area contributed by atoms with Gasteiger partial charge in [-0.2, -0.15) is 0 Å². The lowest BCUT2D eigenvalue weighted by atomic mass is 10.1. The molecule has 2 aromatic heterocycles. The van der Waals surface area contributed by atoms with Gasteiger partial charge in [0.1, 0.15) is 28.8 Å². The minimum absolute atomic E-state index is 0.0665. The third-order valence-electron chi connectivity index (χ3n) is 4.49. The summed E-state index contributed by atoms with van der Waals surface area (Å²) in [5, 5.41) is 8.03. The molecule has 0 fully saturated rings. The predicted molar refractivity (Wildman–Crippen MR) is 113 cm³/mol. The van der Waals surface area contributed by atoms with Crippen molar-refractivity contribution in [1.29, 1.82) is 0 Å². The molecule has 0 aliphatic heterocycles. The molecule has 1 aromatic carbocycles. The number of pyridine rings is 1. The van der Waals surface area contributed by atoms with Gasteiger partial charge in [0.15, 0.2) is 0 Å². The number of anilines is 3. The van der Waals surface area contributed by atoms with Crippen molar-refractivity contribution in [2.24, 2.45) is 0 Å². The van der Waals surface area contributed by atoms with E-state index >= 15 is 0 Å². The number of carbonyl (C=O) groups is 2. The van der Waals surface area contributed by atoms with Crippen LogP contribution >= 0.6 is 0 Å². The van der Waals surface area contributed by atoms with Crippen LogP contribution in [0.3, 0.4) is 0 Å². The summed E-state index contributed by atoms with van der Waals surface area (Å²) in [6.07, 6.45) is 2.84. The molecule has 31 heavy (non-hydrogen) atoms. The molecule has 0 aliphatic rings. The molecule has 0 saturated carbocycles. The first-order chi connectivity index (χ1) is 14.8. The average Bonchev–Trinajstić information content (AvgIpc) is 2.75. The topological polar surface area (TPSA) is 118 Å². The van der Waals surface area contributed by atoms with Gasteiger partial charge < -0.3 is 20.7 Å². The number of methoxy groups -OCH3 is 1. The summed E-state index contributed by atoms with van der Waals surface area (Å²) in [6.45, 7) is 3.66. The highest BCUT2D eigenvalue weighted by atomic mass is 19.1. The second kappa shape index (κ2) is 9.16. The van der Waals surface area contributed by atoms with Gasteiger partial charge >= 0.3 is 0 Å². The zero-order valence-electron chi connectivity index (χ0n) is 17.4.